The Morgan fingerprint density at radius 1 is 0.338 bits per heavy atom. The Kier molecular flexibility index (Phi) is 7.23. The van der Waals surface area contributed by atoms with Crippen LogP contribution >= 0.6 is 0 Å². The van der Waals surface area contributed by atoms with Crippen LogP contribution in [0.2, 0.25) is 0 Å². The Hall–Kier alpha value is -9.78. The van der Waals surface area contributed by atoms with Gasteiger partial charge in [-0.2, -0.15) is 0 Å². The fraction of sp³-hybridized carbons (Fsp3) is 0.108. The van der Waals surface area contributed by atoms with Crippen LogP contribution in [0.3, 0.4) is 0 Å². The lowest BCUT2D eigenvalue weighted by Gasteiger charge is -2.27. The maximum absolute atomic E-state index is 9.58. The van der Waals surface area contributed by atoms with E-state index in [0.717, 1.165) is 109 Å². The summed E-state index contributed by atoms with van der Waals surface area (Å²) in [6.45, 7) is 13.1. The second-order valence-corrected chi connectivity index (χ2v) is 23.4. The van der Waals surface area contributed by atoms with Gasteiger partial charge in [0.05, 0.1) is 58.2 Å². The summed E-state index contributed by atoms with van der Waals surface area (Å²) in [5.41, 5.74) is 12.4. The quantitative estimate of drug-likeness (QED) is 0.166. The number of hydrogen-bond donors (Lipinski definition) is 0. The first kappa shape index (κ1) is 36.3. The minimum Gasteiger partial charge on any atom is -0.456 e. The molecule has 17 aromatic rings. The van der Waals surface area contributed by atoms with E-state index < -0.39 is 36.3 Å². The van der Waals surface area contributed by atoms with Gasteiger partial charge in [0, 0.05) is 87.4 Å². The lowest BCUT2D eigenvalue weighted by molar-refractivity contribution is 0.591. The first-order valence-electron chi connectivity index (χ1n) is 32.1. The summed E-state index contributed by atoms with van der Waals surface area (Å²) >= 11 is 0. The van der Waals surface area contributed by atoms with Crippen molar-refractivity contribution >= 4 is 154 Å². The number of furan rings is 2. The second-order valence-electron chi connectivity index (χ2n) is 23.4. The number of aromatic nitrogens is 2. The molecule has 0 amide bonds. The smallest absolute Gasteiger partial charge is 0.135 e. The van der Waals surface area contributed by atoms with Crippen molar-refractivity contribution in [3.63, 3.8) is 0 Å². The third-order valence-corrected chi connectivity index (χ3v) is 16.8. The van der Waals surface area contributed by atoms with Gasteiger partial charge in [0.1, 0.15) is 22.3 Å². The van der Waals surface area contributed by atoms with E-state index in [0.29, 0.717) is 45.1 Å². The Labute approximate surface area is 475 Å². The molecule has 0 spiro atoms. The van der Waals surface area contributed by atoms with Crippen LogP contribution in [-0.2, 0) is 10.8 Å². The first-order valence-corrected chi connectivity index (χ1v) is 27.1. The number of nitrogens with zero attached hydrogens (tertiary/aromatic N) is 4. The predicted molar refractivity (Wildman–Crippen MR) is 337 cm³/mol. The summed E-state index contributed by atoms with van der Waals surface area (Å²) in [5.74, 6) is 0. The fourth-order valence-corrected chi connectivity index (χ4v) is 13.1. The molecule has 6 nitrogen and oxygen atoms in total. The minimum atomic E-state index is -0.481. The normalized spacial score (nSPS) is 14.6. The average molecular weight is 1040 g/mol. The lowest BCUT2D eigenvalue weighted by Crippen LogP contribution is -2.11. The maximum Gasteiger partial charge on any atom is 0.135 e. The van der Waals surface area contributed by atoms with Crippen LogP contribution in [-0.4, -0.2) is 8.80 Å². The third kappa shape index (κ3) is 6.24. The summed E-state index contributed by atoms with van der Waals surface area (Å²) in [6, 6.07) is 49.0. The van der Waals surface area contributed by atoms with Crippen molar-refractivity contribution in [3.8, 4) is 0 Å². The molecule has 0 saturated carbocycles. The van der Waals surface area contributed by atoms with Gasteiger partial charge in [0.15, 0.2) is 0 Å². The van der Waals surface area contributed by atoms with Crippen molar-refractivity contribution < 1.29 is 22.5 Å². The van der Waals surface area contributed by atoms with E-state index in [9.17, 15) is 5.48 Å². The van der Waals surface area contributed by atoms with Crippen molar-refractivity contribution in [1.29, 1.82) is 0 Å². The molecule has 0 N–H and O–H groups in total. The SMILES string of the molecule is [2H]c1c([2H])c([2H])c(N(c2ccc3oc4ccccc4c3c2)c2ccc3c4cc5c(cc4n4c6ccc(C(C)(C)C)cc6c2c34)c2ccc(N(c3ccc4oc6ccccc6c4c3)c3c([2H])c([2H])c([2H])c([2H])c3[2H])c3c4cc(C(C)(C)C)ccc4n5c23)c([2H])c1[2H]. The molecule has 11 aromatic carbocycles. The molecule has 0 saturated heterocycles. The van der Waals surface area contributed by atoms with Crippen molar-refractivity contribution in [2.24, 2.45) is 0 Å². The number of hydrogen-bond acceptors (Lipinski definition) is 4. The molecule has 0 aliphatic carbocycles. The molecule has 0 fully saturated rings. The van der Waals surface area contributed by atoms with Crippen LogP contribution in [0.1, 0.15) is 66.4 Å². The van der Waals surface area contributed by atoms with Gasteiger partial charge in [0.2, 0.25) is 0 Å². The Balaban J connectivity index is 0.988. The molecular weight excluding hydrogens is 977 g/mol. The number of anilines is 6. The number of rotatable bonds is 6. The van der Waals surface area contributed by atoms with Crippen molar-refractivity contribution in [2.75, 3.05) is 9.80 Å². The minimum absolute atomic E-state index is 0.0144. The second kappa shape index (κ2) is 15.9. The Morgan fingerprint density at radius 2 is 0.750 bits per heavy atom. The zero-order chi connectivity index (χ0) is 62.2. The van der Waals surface area contributed by atoms with E-state index >= 15 is 0 Å². The number of benzene rings is 11. The Morgan fingerprint density at radius 3 is 1.18 bits per heavy atom. The zero-order valence-electron chi connectivity index (χ0n) is 54.6. The molecule has 0 radical (unpaired) electrons. The van der Waals surface area contributed by atoms with Crippen molar-refractivity contribution in [3.05, 3.63) is 229 Å². The monoisotopic (exact) mass is 1040 g/mol. The summed E-state index contributed by atoms with van der Waals surface area (Å²) in [7, 11) is 0. The van der Waals surface area contributed by atoms with Crippen LogP contribution in [0.15, 0.2) is 227 Å². The van der Waals surface area contributed by atoms with Crippen LogP contribution in [0, 0.1) is 0 Å². The molecule has 80 heavy (non-hydrogen) atoms. The first-order chi connectivity index (χ1) is 43.1. The van der Waals surface area contributed by atoms with E-state index in [1.807, 2.05) is 107 Å². The molecule has 0 atom stereocenters. The summed E-state index contributed by atoms with van der Waals surface area (Å²) in [4.78, 5) is 3.67. The summed E-state index contributed by atoms with van der Waals surface area (Å²) < 4.78 is 109. The number of fused-ring (bicyclic) bond motifs is 18. The van der Waals surface area contributed by atoms with E-state index in [1.165, 1.54) is 0 Å². The molecule has 6 heteroatoms. The van der Waals surface area contributed by atoms with Gasteiger partial charge in [0.25, 0.3) is 0 Å². The topological polar surface area (TPSA) is 41.6 Å². The highest BCUT2D eigenvalue weighted by Gasteiger charge is 2.30. The highest BCUT2D eigenvalue weighted by molar-refractivity contribution is 6.32. The summed E-state index contributed by atoms with van der Waals surface area (Å²) in [6.07, 6.45) is 0. The standard InChI is InChI=1S/C74H54N4O2/c1-73(2,3)43-25-31-59-57(37-43)69-61(75(45-17-9-7-10-18-45)47-27-35-67-55(39-47)49-21-13-15-23-65(49)79-67)33-29-51-53-42-64-54(41-63(53)77(59)71(51)69)52-30-34-62(70-58-38-44(74(4,5)6)26-32-60(58)78(64)72(52)70)76(46-19-11-8-12-20-46)48-28-36-68-56(40-48)50-22-14-16-24-66(50)80-68/h7-42H,1-6H3/i7D,8D,9D,10D,11D,12D,17D,18D,19D,20D. The third-order valence-electron chi connectivity index (χ3n) is 16.8. The van der Waals surface area contributed by atoms with Crippen LogP contribution in [0.25, 0.3) is 120 Å². The molecule has 0 aliphatic rings. The van der Waals surface area contributed by atoms with Gasteiger partial charge in [-0.1, -0.05) is 138 Å². The molecule has 0 unspecified atom stereocenters. The van der Waals surface area contributed by atoms with Crippen LogP contribution < -0.4 is 9.80 Å². The van der Waals surface area contributed by atoms with E-state index in [4.69, 9.17) is 17.1 Å². The predicted octanol–water partition coefficient (Wildman–Crippen LogP) is 21.3. The van der Waals surface area contributed by atoms with E-state index in [1.54, 1.807) is 0 Å². The van der Waals surface area contributed by atoms with E-state index in [-0.39, 0.29) is 46.4 Å². The average Bonchev–Trinajstić information content (AvgIpc) is 1.51. The van der Waals surface area contributed by atoms with Gasteiger partial charge in [-0.25, -0.2) is 0 Å². The van der Waals surface area contributed by atoms with Gasteiger partial charge in [-0.15, -0.1) is 0 Å². The van der Waals surface area contributed by atoms with Crippen LogP contribution in [0.4, 0.5) is 34.1 Å². The van der Waals surface area contributed by atoms with Gasteiger partial charge in [-0.05, 0) is 143 Å². The molecule has 0 aliphatic heterocycles. The molecular formula is C74H54N4O2. The Bertz CT molecular complexity index is 5620. The molecule has 382 valence electrons. The molecule has 17 rings (SSSR count). The fourth-order valence-electron chi connectivity index (χ4n) is 13.1. The molecule has 0 bridgehead atoms. The van der Waals surface area contributed by atoms with Gasteiger partial charge >= 0.3 is 0 Å². The van der Waals surface area contributed by atoms with Crippen molar-refractivity contribution in [2.45, 2.75) is 52.4 Å². The highest BCUT2D eigenvalue weighted by Crippen LogP contribution is 2.53. The van der Waals surface area contributed by atoms with Gasteiger partial charge in [-0.3, -0.25) is 0 Å². The van der Waals surface area contributed by atoms with E-state index in [2.05, 4.69) is 111 Å². The highest BCUT2D eigenvalue weighted by atomic mass is 16.3. The summed E-state index contributed by atoms with van der Waals surface area (Å²) in [5, 5.41) is 10.8. The maximum atomic E-state index is 9.58. The van der Waals surface area contributed by atoms with Gasteiger partial charge < -0.3 is 27.4 Å². The largest absolute Gasteiger partial charge is 0.456 e. The molecule has 6 heterocycles. The lowest BCUT2D eigenvalue weighted by atomic mass is 9.86. The van der Waals surface area contributed by atoms with Crippen LogP contribution in [0.5, 0.6) is 0 Å². The van der Waals surface area contributed by atoms with Crippen molar-refractivity contribution in [1.82, 2.24) is 8.80 Å². The number of para-hydroxylation sites is 4. The zero-order valence-corrected chi connectivity index (χ0v) is 44.6. The molecule has 6 aromatic heterocycles.